The van der Waals surface area contributed by atoms with Gasteiger partial charge in [-0.1, -0.05) is 18.2 Å². The molecule has 0 radical (unpaired) electrons. The van der Waals surface area contributed by atoms with E-state index in [1.54, 1.807) is 18.2 Å². The van der Waals surface area contributed by atoms with Crippen molar-refractivity contribution < 1.29 is 26.8 Å². The SMILES string of the molecule is FC(F)(F)c1ccc(-c2ccc3onc(OCc4nnc(C5CC5)o4)c3c2)cc1. The number of ether oxygens (including phenoxy) is 1. The molecule has 1 saturated carbocycles. The molecule has 5 rings (SSSR count). The van der Waals surface area contributed by atoms with Crippen LogP contribution in [-0.4, -0.2) is 15.4 Å². The van der Waals surface area contributed by atoms with Crippen molar-refractivity contribution in [3.8, 4) is 17.0 Å². The van der Waals surface area contributed by atoms with Gasteiger partial charge >= 0.3 is 6.18 Å². The van der Waals surface area contributed by atoms with Gasteiger partial charge in [0.2, 0.25) is 5.89 Å². The monoisotopic (exact) mass is 401 g/mol. The van der Waals surface area contributed by atoms with Gasteiger partial charge in [-0.25, -0.2) is 0 Å². The summed E-state index contributed by atoms with van der Waals surface area (Å²) < 4.78 is 54.8. The lowest BCUT2D eigenvalue weighted by molar-refractivity contribution is -0.137. The quantitative estimate of drug-likeness (QED) is 0.449. The van der Waals surface area contributed by atoms with Crippen molar-refractivity contribution in [1.82, 2.24) is 15.4 Å². The van der Waals surface area contributed by atoms with E-state index in [9.17, 15) is 13.2 Å². The maximum absolute atomic E-state index is 12.8. The van der Waals surface area contributed by atoms with Crippen LogP contribution < -0.4 is 4.74 Å². The molecule has 1 aliphatic carbocycles. The van der Waals surface area contributed by atoms with Crippen LogP contribution >= 0.6 is 0 Å². The summed E-state index contributed by atoms with van der Waals surface area (Å²) in [6.07, 6.45) is -2.25. The second-order valence-corrected chi connectivity index (χ2v) is 6.87. The highest BCUT2D eigenvalue weighted by atomic mass is 19.4. The first kappa shape index (κ1) is 17.7. The van der Waals surface area contributed by atoms with Crippen LogP contribution in [0.25, 0.3) is 22.1 Å². The zero-order valence-corrected chi connectivity index (χ0v) is 14.9. The number of rotatable bonds is 5. The van der Waals surface area contributed by atoms with Crippen LogP contribution in [0.4, 0.5) is 13.2 Å². The van der Waals surface area contributed by atoms with Gasteiger partial charge in [0.15, 0.2) is 12.2 Å². The molecule has 0 bridgehead atoms. The summed E-state index contributed by atoms with van der Waals surface area (Å²) in [6.45, 7) is 0.0475. The average Bonchev–Trinajstić information content (AvgIpc) is 3.32. The number of hydrogen-bond donors (Lipinski definition) is 0. The Bertz CT molecular complexity index is 1160. The molecule has 6 nitrogen and oxygen atoms in total. The van der Waals surface area contributed by atoms with Crippen LogP contribution in [0.5, 0.6) is 5.88 Å². The lowest BCUT2D eigenvalue weighted by Gasteiger charge is -2.08. The number of aromatic nitrogens is 3. The van der Waals surface area contributed by atoms with Crippen LogP contribution in [0.1, 0.15) is 36.1 Å². The van der Waals surface area contributed by atoms with E-state index in [0.29, 0.717) is 39.8 Å². The number of hydrogen-bond acceptors (Lipinski definition) is 6. The van der Waals surface area contributed by atoms with E-state index in [1.165, 1.54) is 12.1 Å². The van der Waals surface area contributed by atoms with E-state index < -0.39 is 11.7 Å². The van der Waals surface area contributed by atoms with Crippen LogP contribution in [0.3, 0.4) is 0 Å². The van der Waals surface area contributed by atoms with Crippen molar-refractivity contribution in [3.05, 3.63) is 59.8 Å². The van der Waals surface area contributed by atoms with E-state index in [4.69, 9.17) is 13.7 Å². The van der Waals surface area contributed by atoms with Crippen molar-refractivity contribution in [1.29, 1.82) is 0 Å². The molecular weight excluding hydrogens is 387 g/mol. The zero-order chi connectivity index (χ0) is 20.0. The standard InChI is InChI=1S/C20H14F3N3O3/c21-20(22,23)14-6-3-11(4-7-14)13-5-8-16-15(9-13)19(26-29-16)27-10-17-24-25-18(28-17)12-1-2-12/h3-9,12H,1-2,10H2. The Balaban J connectivity index is 1.38. The summed E-state index contributed by atoms with van der Waals surface area (Å²) in [7, 11) is 0. The van der Waals surface area contributed by atoms with Crippen LogP contribution in [0.2, 0.25) is 0 Å². The smallest absolute Gasteiger partial charge is 0.416 e. The highest BCUT2D eigenvalue weighted by Gasteiger charge is 2.30. The molecule has 1 fully saturated rings. The maximum Gasteiger partial charge on any atom is 0.416 e. The largest absolute Gasteiger partial charge is 0.465 e. The lowest BCUT2D eigenvalue weighted by atomic mass is 10.0. The van der Waals surface area contributed by atoms with Crippen LogP contribution in [0.15, 0.2) is 51.4 Å². The van der Waals surface area contributed by atoms with E-state index in [1.807, 2.05) is 0 Å². The Morgan fingerprint density at radius 3 is 2.48 bits per heavy atom. The molecule has 2 heterocycles. The van der Waals surface area contributed by atoms with Crippen LogP contribution in [0, 0.1) is 0 Å². The molecule has 0 spiro atoms. The van der Waals surface area contributed by atoms with Gasteiger partial charge in [-0.2, -0.15) is 13.2 Å². The molecular formula is C20H14F3N3O3. The predicted octanol–water partition coefficient (Wildman–Crippen LogP) is 5.35. The molecule has 2 aromatic heterocycles. The minimum absolute atomic E-state index is 0.0475. The first-order valence-corrected chi connectivity index (χ1v) is 8.99. The van der Waals surface area contributed by atoms with Crippen LogP contribution in [-0.2, 0) is 12.8 Å². The highest BCUT2D eigenvalue weighted by Crippen LogP contribution is 2.39. The third-order valence-electron chi connectivity index (χ3n) is 4.72. The van der Waals surface area contributed by atoms with Crippen molar-refractivity contribution in [2.45, 2.75) is 31.5 Å². The molecule has 0 aliphatic heterocycles. The number of alkyl halides is 3. The molecule has 0 unspecified atom stereocenters. The Labute approximate surface area is 162 Å². The van der Waals surface area contributed by atoms with E-state index in [0.717, 1.165) is 25.0 Å². The molecule has 29 heavy (non-hydrogen) atoms. The van der Waals surface area contributed by atoms with Gasteiger partial charge in [-0.05, 0) is 53.4 Å². The normalized spacial score (nSPS) is 14.4. The summed E-state index contributed by atoms with van der Waals surface area (Å²) in [5.74, 6) is 1.58. The van der Waals surface area contributed by atoms with Crippen molar-refractivity contribution in [3.63, 3.8) is 0 Å². The maximum atomic E-state index is 12.8. The average molecular weight is 401 g/mol. The molecule has 0 N–H and O–H groups in total. The van der Waals surface area contributed by atoms with E-state index in [-0.39, 0.29) is 12.5 Å². The molecule has 4 aromatic rings. The molecule has 0 amide bonds. The van der Waals surface area contributed by atoms with Gasteiger partial charge in [0, 0.05) is 5.92 Å². The fourth-order valence-corrected chi connectivity index (χ4v) is 3.00. The molecule has 0 saturated heterocycles. The number of benzene rings is 2. The van der Waals surface area contributed by atoms with Gasteiger partial charge in [0.1, 0.15) is 0 Å². The first-order chi connectivity index (χ1) is 14.0. The minimum Gasteiger partial charge on any atom is -0.465 e. The Morgan fingerprint density at radius 1 is 1.00 bits per heavy atom. The number of fused-ring (bicyclic) bond motifs is 1. The zero-order valence-electron chi connectivity index (χ0n) is 14.9. The topological polar surface area (TPSA) is 74.2 Å². The molecule has 0 atom stereocenters. The number of nitrogens with zero attached hydrogens (tertiary/aromatic N) is 3. The van der Waals surface area contributed by atoms with Crippen molar-refractivity contribution in [2.24, 2.45) is 0 Å². The van der Waals surface area contributed by atoms with Gasteiger partial charge in [-0.15, -0.1) is 10.2 Å². The van der Waals surface area contributed by atoms with E-state index >= 15 is 0 Å². The fraction of sp³-hybridized carbons (Fsp3) is 0.250. The summed E-state index contributed by atoms with van der Waals surface area (Å²) >= 11 is 0. The third-order valence-corrected chi connectivity index (χ3v) is 4.72. The van der Waals surface area contributed by atoms with E-state index in [2.05, 4.69) is 15.4 Å². The Hall–Kier alpha value is -3.36. The van der Waals surface area contributed by atoms with Crippen molar-refractivity contribution in [2.75, 3.05) is 0 Å². The summed E-state index contributed by atoms with van der Waals surface area (Å²) in [4.78, 5) is 0. The third kappa shape index (κ3) is 3.55. The molecule has 9 heteroatoms. The molecule has 148 valence electrons. The van der Waals surface area contributed by atoms with Gasteiger partial charge in [0.25, 0.3) is 11.8 Å². The Morgan fingerprint density at radius 2 is 1.76 bits per heavy atom. The first-order valence-electron chi connectivity index (χ1n) is 8.99. The summed E-state index contributed by atoms with van der Waals surface area (Å²) in [5.41, 5.74) is 1.16. The molecule has 1 aliphatic rings. The number of halogens is 3. The van der Waals surface area contributed by atoms with Gasteiger partial charge < -0.3 is 13.7 Å². The minimum atomic E-state index is -4.37. The molecule has 2 aromatic carbocycles. The lowest BCUT2D eigenvalue weighted by Crippen LogP contribution is -2.03. The van der Waals surface area contributed by atoms with Gasteiger partial charge in [0.05, 0.1) is 10.9 Å². The second kappa shape index (κ2) is 6.61. The Kier molecular flexibility index (Phi) is 4.04. The highest BCUT2D eigenvalue weighted by molar-refractivity contribution is 5.87. The fourth-order valence-electron chi connectivity index (χ4n) is 3.00. The summed E-state index contributed by atoms with van der Waals surface area (Å²) in [6, 6.07) is 10.2. The van der Waals surface area contributed by atoms with Gasteiger partial charge in [-0.3, -0.25) is 0 Å². The predicted molar refractivity (Wildman–Crippen MR) is 95.1 cm³/mol. The second-order valence-electron chi connectivity index (χ2n) is 6.87. The summed E-state index contributed by atoms with van der Waals surface area (Å²) in [5, 5.41) is 12.5. The van der Waals surface area contributed by atoms with Crippen molar-refractivity contribution >= 4 is 11.0 Å².